The minimum atomic E-state index is -2.67. The number of rotatable bonds is 1. The standard InChI is InChI=1S/C5H9BF2O2/c7-5(8)2-1-4(3-5)6(9)10/h4,9-10H,1-3H2. The summed E-state index contributed by atoms with van der Waals surface area (Å²) in [5.74, 6) is -3.30. The van der Waals surface area contributed by atoms with Gasteiger partial charge in [0, 0.05) is 12.8 Å². The Kier molecular flexibility index (Phi) is 1.96. The van der Waals surface area contributed by atoms with Crippen molar-refractivity contribution in [2.75, 3.05) is 0 Å². The third-order valence-corrected chi connectivity index (χ3v) is 1.86. The van der Waals surface area contributed by atoms with E-state index in [0.717, 1.165) is 0 Å². The predicted octanol–water partition coefficient (Wildman–Crippen LogP) is 0.649. The van der Waals surface area contributed by atoms with Gasteiger partial charge in [0.25, 0.3) is 0 Å². The van der Waals surface area contributed by atoms with Gasteiger partial charge in [-0.2, -0.15) is 0 Å². The van der Waals surface area contributed by atoms with Gasteiger partial charge in [-0.1, -0.05) is 0 Å². The average molecular weight is 150 g/mol. The van der Waals surface area contributed by atoms with Crippen LogP contribution in [-0.4, -0.2) is 23.1 Å². The number of hydrogen-bond donors (Lipinski definition) is 2. The highest BCUT2D eigenvalue weighted by atomic mass is 19.3. The molecule has 1 unspecified atom stereocenters. The maximum atomic E-state index is 12.3. The summed E-state index contributed by atoms with van der Waals surface area (Å²) in [6.45, 7) is 0. The first-order valence-electron chi connectivity index (χ1n) is 3.25. The minimum absolute atomic E-state index is 0.213. The van der Waals surface area contributed by atoms with E-state index in [1.54, 1.807) is 0 Å². The molecule has 1 aliphatic carbocycles. The van der Waals surface area contributed by atoms with Crippen LogP contribution in [0.1, 0.15) is 19.3 Å². The SMILES string of the molecule is OB(O)C1CCC(F)(F)C1. The lowest BCUT2D eigenvalue weighted by Crippen LogP contribution is -2.19. The zero-order valence-corrected chi connectivity index (χ0v) is 5.43. The molecule has 1 fully saturated rings. The maximum absolute atomic E-state index is 12.3. The topological polar surface area (TPSA) is 40.5 Å². The fourth-order valence-corrected chi connectivity index (χ4v) is 1.24. The van der Waals surface area contributed by atoms with Gasteiger partial charge in [-0.05, 0) is 12.2 Å². The molecule has 0 amide bonds. The summed E-state index contributed by atoms with van der Waals surface area (Å²) in [6, 6.07) is 0. The molecule has 0 heterocycles. The molecule has 0 bridgehead atoms. The van der Waals surface area contributed by atoms with Crippen molar-refractivity contribution in [3.63, 3.8) is 0 Å². The van der Waals surface area contributed by atoms with Crippen LogP contribution in [0.3, 0.4) is 0 Å². The Hall–Kier alpha value is -0.155. The molecule has 0 aromatic carbocycles. The first-order chi connectivity index (χ1) is 4.51. The van der Waals surface area contributed by atoms with Gasteiger partial charge >= 0.3 is 7.12 Å². The van der Waals surface area contributed by atoms with E-state index in [4.69, 9.17) is 10.0 Å². The first kappa shape index (κ1) is 7.95. The van der Waals surface area contributed by atoms with Crippen molar-refractivity contribution >= 4 is 7.12 Å². The van der Waals surface area contributed by atoms with Crippen LogP contribution in [0.4, 0.5) is 8.78 Å². The highest BCUT2D eigenvalue weighted by molar-refractivity contribution is 6.43. The summed E-state index contributed by atoms with van der Waals surface area (Å²) in [4.78, 5) is 0. The average Bonchev–Trinajstić information content (AvgIpc) is 2.10. The Labute approximate surface area is 58.0 Å². The van der Waals surface area contributed by atoms with E-state index in [1.165, 1.54) is 0 Å². The van der Waals surface area contributed by atoms with Crippen LogP contribution in [0.5, 0.6) is 0 Å². The van der Waals surface area contributed by atoms with Crippen LogP contribution in [-0.2, 0) is 0 Å². The normalized spacial score (nSPS) is 30.6. The van der Waals surface area contributed by atoms with Crippen molar-refractivity contribution in [1.82, 2.24) is 0 Å². The highest BCUT2D eigenvalue weighted by Gasteiger charge is 2.43. The summed E-state index contributed by atoms with van der Waals surface area (Å²) in [5.41, 5.74) is 0. The molecule has 1 saturated carbocycles. The van der Waals surface area contributed by atoms with E-state index in [1.807, 2.05) is 0 Å². The fraction of sp³-hybridized carbons (Fsp3) is 1.00. The second kappa shape index (κ2) is 2.47. The quantitative estimate of drug-likeness (QED) is 0.538. The lowest BCUT2D eigenvalue weighted by molar-refractivity contribution is 0.00860. The lowest BCUT2D eigenvalue weighted by atomic mass is 9.72. The van der Waals surface area contributed by atoms with Crippen molar-refractivity contribution in [3.05, 3.63) is 0 Å². The molecule has 2 nitrogen and oxygen atoms in total. The molecule has 5 heteroatoms. The number of halogens is 2. The van der Waals surface area contributed by atoms with Crippen LogP contribution < -0.4 is 0 Å². The van der Waals surface area contributed by atoms with Gasteiger partial charge in [-0.25, -0.2) is 8.78 Å². The van der Waals surface area contributed by atoms with Crippen LogP contribution >= 0.6 is 0 Å². The van der Waals surface area contributed by atoms with Crippen molar-refractivity contribution in [2.45, 2.75) is 31.0 Å². The monoisotopic (exact) mass is 150 g/mol. The molecule has 0 spiro atoms. The van der Waals surface area contributed by atoms with Crippen molar-refractivity contribution in [3.8, 4) is 0 Å². The number of hydrogen-bond acceptors (Lipinski definition) is 2. The zero-order valence-electron chi connectivity index (χ0n) is 5.43. The van der Waals surface area contributed by atoms with Crippen LogP contribution in [0.15, 0.2) is 0 Å². The molecule has 0 radical (unpaired) electrons. The summed E-state index contributed by atoms with van der Waals surface area (Å²) in [7, 11) is -1.58. The molecule has 58 valence electrons. The lowest BCUT2D eigenvalue weighted by Gasteiger charge is -2.08. The molecule has 0 aliphatic heterocycles. The largest absolute Gasteiger partial charge is 0.454 e. The van der Waals surface area contributed by atoms with E-state index in [-0.39, 0.29) is 19.3 Å². The molecule has 1 rings (SSSR count). The summed E-state index contributed by atoms with van der Waals surface area (Å²) in [5, 5.41) is 17.0. The zero-order chi connectivity index (χ0) is 7.78. The van der Waals surface area contributed by atoms with Crippen molar-refractivity contribution in [1.29, 1.82) is 0 Å². The molecule has 1 atom stereocenters. The van der Waals surface area contributed by atoms with Crippen LogP contribution in [0, 0.1) is 0 Å². The maximum Gasteiger partial charge on any atom is 0.454 e. The Morgan fingerprint density at radius 1 is 1.40 bits per heavy atom. The summed E-state index contributed by atoms with van der Waals surface area (Å²) >= 11 is 0. The third-order valence-electron chi connectivity index (χ3n) is 1.86. The van der Waals surface area contributed by atoms with Crippen molar-refractivity contribution in [2.24, 2.45) is 0 Å². The highest BCUT2D eigenvalue weighted by Crippen LogP contribution is 2.42. The van der Waals surface area contributed by atoms with Crippen LogP contribution in [0.2, 0.25) is 5.82 Å². The van der Waals surface area contributed by atoms with Gasteiger partial charge < -0.3 is 10.0 Å². The summed E-state index contributed by atoms with van der Waals surface area (Å²) in [6.07, 6.45) is -0.384. The Balaban J connectivity index is 2.43. The van der Waals surface area contributed by atoms with Gasteiger partial charge in [0.1, 0.15) is 0 Å². The van der Waals surface area contributed by atoms with Crippen molar-refractivity contribution < 1.29 is 18.8 Å². The first-order valence-corrected chi connectivity index (χ1v) is 3.25. The Bertz CT molecular complexity index is 129. The van der Waals surface area contributed by atoms with E-state index in [0.29, 0.717) is 0 Å². The molecular weight excluding hydrogens is 141 g/mol. The van der Waals surface area contributed by atoms with Gasteiger partial charge in [0.05, 0.1) is 0 Å². The van der Waals surface area contributed by atoms with E-state index >= 15 is 0 Å². The minimum Gasteiger partial charge on any atom is -0.427 e. The molecular formula is C5H9BF2O2. The van der Waals surface area contributed by atoms with Gasteiger partial charge in [0.15, 0.2) is 0 Å². The molecule has 0 aromatic heterocycles. The van der Waals surface area contributed by atoms with E-state index < -0.39 is 18.9 Å². The Morgan fingerprint density at radius 3 is 2.20 bits per heavy atom. The fourth-order valence-electron chi connectivity index (χ4n) is 1.24. The molecule has 2 N–H and O–H groups in total. The van der Waals surface area contributed by atoms with E-state index in [9.17, 15) is 8.78 Å². The Morgan fingerprint density at radius 2 is 2.00 bits per heavy atom. The third kappa shape index (κ3) is 1.67. The molecule has 1 aliphatic rings. The predicted molar refractivity (Wildman–Crippen MR) is 32.7 cm³/mol. The van der Waals surface area contributed by atoms with Gasteiger partial charge in [-0.3, -0.25) is 0 Å². The van der Waals surface area contributed by atoms with Gasteiger partial charge in [0.2, 0.25) is 5.92 Å². The van der Waals surface area contributed by atoms with E-state index in [2.05, 4.69) is 0 Å². The van der Waals surface area contributed by atoms with Gasteiger partial charge in [-0.15, -0.1) is 0 Å². The summed E-state index contributed by atoms with van der Waals surface area (Å²) < 4.78 is 24.7. The smallest absolute Gasteiger partial charge is 0.427 e. The second-order valence-corrected chi connectivity index (χ2v) is 2.77. The molecule has 0 aromatic rings. The van der Waals surface area contributed by atoms with Crippen LogP contribution in [0.25, 0.3) is 0 Å². The number of alkyl halides is 2. The molecule has 0 saturated heterocycles. The molecule has 10 heavy (non-hydrogen) atoms. The second-order valence-electron chi connectivity index (χ2n) is 2.77.